The van der Waals surface area contributed by atoms with Crippen LogP contribution in [0.2, 0.25) is 0 Å². The molecule has 1 amide bonds. The maximum absolute atomic E-state index is 12.8. The van der Waals surface area contributed by atoms with Crippen LogP contribution in [0.25, 0.3) is 0 Å². The first-order chi connectivity index (χ1) is 15.5. The van der Waals surface area contributed by atoms with Gasteiger partial charge in [0.15, 0.2) is 0 Å². The number of amides is 1. The molecule has 6 heteroatoms. The first-order valence-electron chi connectivity index (χ1n) is 10.5. The van der Waals surface area contributed by atoms with Crippen LogP contribution in [0.15, 0.2) is 66.7 Å². The molecule has 0 saturated heterocycles. The van der Waals surface area contributed by atoms with Crippen LogP contribution in [-0.4, -0.2) is 25.1 Å². The molecule has 0 bridgehead atoms. The summed E-state index contributed by atoms with van der Waals surface area (Å²) in [6, 6.07) is 19.6. The number of hydrogen-bond acceptors (Lipinski definition) is 5. The second kappa shape index (κ2) is 11.0. The van der Waals surface area contributed by atoms with E-state index < -0.39 is 5.97 Å². The van der Waals surface area contributed by atoms with E-state index >= 15 is 0 Å². The molecule has 0 atom stereocenters. The number of anilines is 1. The summed E-state index contributed by atoms with van der Waals surface area (Å²) in [5.74, 6) is 0.758. The smallest absolute Gasteiger partial charge is 0.338 e. The Morgan fingerprint density at radius 3 is 2.16 bits per heavy atom. The molecule has 0 aromatic heterocycles. The van der Waals surface area contributed by atoms with E-state index in [0.29, 0.717) is 35.8 Å². The third kappa shape index (κ3) is 6.11. The highest BCUT2D eigenvalue weighted by Gasteiger charge is 2.13. The average molecular weight is 434 g/mol. The van der Waals surface area contributed by atoms with E-state index in [2.05, 4.69) is 5.32 Å². The van der Waals surface area contributed by atoms with Gasteiger partial charge in [0, 0.05) is 16.8 Å². The summed E-state index contributed by atoms with van der Waals surface area (Å²) in [4.78, 5) is 24.6. The number of carbonyl (C=O) groups is 2. The zero-order chi connectivity index (χ0) is 22.9. The van der Waals surface area contributed by atoms with E-state index in [1.165, 1.54) is 0 Å². The van der Waals surface area contributed by atoms with Crippen LogP contribution in [0.5, 0.6) is 11.5 Å². The van der Waals surface area contributed by atoms with Crippen molar-refractivity contribution in [1.82, 2.24) is 0 Å². The highest BCUT2D eigenvalue weighted by Crippen LogP contribution is 2.24. The molecule has 166 valence electrons. The Labute approximate surface area is 188 Å². The summed E-state index contributed by atoms with van der Waals surface area (Å²) in [6.07, 6.45) is 0. The Morgan fingerprint density at radius 2 is 1.50 bits per heavy atom. The minimum atomic E-state index is -0.393. The van der Waals surface area contributed by atoms with Crippen molar-refractivity contribution in [3.8, 4) is 11.5 Å². The molecule has 0 saturated carbocycles. The van der Waals surface area contributed by atoms with Gasteiger partial charge >= 0.3 is 5.97 Å². The molecule has 0 aliphatic carbocycles. The summed E-state index contributed by atoms with van der Waals surface area (Å²) >= 11 is 0. The molecule has 1 N–H and O–H groups in total. The van der Waals surface area contributed by atoms with Gasteiger partial charge in [0.05, 0.1) is 18.8 Å². The Kier molecular flexibility index (Phi) is 7.86. The SMILES string of the molecule is CCOC(=O)c1ccc(NC(=O)c2ccc(OCC)c(COc3ccc(C)cc3)c2)cc1. The molecule has 0 spiro atoms. The van der Waals surface area contributed by atoms with Crippen LogP contribution in [0, 0.1) is 6.92 Å². The lowest BCUT2D eigenvalue weighted by atomic mass is 10.1. The van der Waals surface area contributed by atoms with Crippen molar-refractivity contribution >= 4 is 17.6 Å². The monoisotopic (exact) mass is 433 g/mol. The zero-order valence-corrected chi connectivity index (χ0v) is 18.5. The van der Waals surface area contributed by atoms with Crippen molar-refractivity contribution in [1.29, 1.82) is 0 Å². The Hall–Kier alpha value is -3.80. The fourth-order valence-corrected chi connectivity index (χ4v) is 3.03. The quantitative estimate of drug-likeness (QED) is 0.457. The number of benzene rings is 3. The molecule has 0 heterocycles. The van der Waals surface area contributed by atoms with Crippen molar-refractivity contribution in [2.24, 2.45) is 0 Å². The third-order valence-electron chi connectivity index (χ3n) is 4.69. The number of nitrogens with one attached hydrogen (secondary N) is 1. The molecule has 32 heavy (non-hydrogen) atoms. The predicted molar refractivity (Wildman–Crippen MR) is 123 cm³/mol. The van der Waals surface area contributed by atoms with E-state index in [4.69, 9.17) is 14.2 Å². The van der Waals surface area contributed by atoms with Gasteiger partial charge in [-0.25, -0.2) is 4.79 Å². The van der Waals surface area contributed by atoms with Crippen LogP contribution >= 0.6 is 0 Å². The number of esters is 1. The first kappa shape index (κ1) is 22.9. The topological polar surface area (TPSA) is 73.9 Å². The Balaban J connectivity index is 1.72. The summed E-state index contributed by atoms with van der Waals surface area (Å²) < 4.78 is 16.6. The lowest BCUT2D eigenvalue weighted by Gasteiger charge is -2.14. The first-order valence-corrected chi connectivity index (χ1v) is 10.5. The number of rotatable bonds is 9. The summed E-state index contributed by atoms with van der Waals surface area (Å²) in [7, 11) is 0. The maximum atomic E-state index is 12.8. The largest absolute Gasteiger partial charge is 0.493 e. The lowest BCUT2D eigenvalue weighted by molar-refractivity contribution is 0.0526. The van der Waals surface area contributed by atoms with E-state index in [1.54, 1.807) is 49.4 Å². The maximum Gasteiger partial charge on any atom is 0.338 e. The molecule has 0 radical (unpaired) electrons. The molecule has 0 aliphatic rings. The van der Waals surface area contributed by atoms with Crippen molar-refractivity contribution in [2.75, 3.05) is 18.5 Å². The molecule has 3 rings (SSSR count). The van der Waals surface area contributed by atoms with Crippen molar-refractivity contribution in [3.05, 3.63) is 89.0 Å². The Morgan fingerprint density at radius 1 is 0.812 bits per heavy atom. The molecule has 0 aliphatic heterocycles. The fraction of sp³-hybridized carbons (Fsp3) is 0.231. The fourth-order valence-electron chi connectivity index (χ4n) is 3.03. The number of aryl methyl sites for hydroxylation is 1. The van der Waals surface area contributed by atoms with E-state index in [9.17, 15) is 9.59 Å². The van der Waals surface area contributed by atoms with Gasteiger partial charge in [0.25, 0.3) is 5.91 Å². The standard InChI is InChI=1S/C26H27NO5/c1-4-30-24-15-10-20(16-21(24)17-32-23-13-6-18(3)7-14-23)25(28)27-22-11-8-19(9-12-22)26(29)31-5-2/h6-16H,4-5,17H2,1-3H3,(H,27,28). The highest BCUT2D eigenvalue weighted by molar-refractivity contribution is 6.04. The van der Waals surface area contributed by atoms with Crippen LogP contribution in [0.1, 0.15) is 45.7 Å². The zero-order valence-electron chi connectivity index (χ0n) is 18.5. The lowest BCUT2D eigenvalue weighted by Crippen LogP contribution is -2.13. The van der Waals surface area contributed by atoms with Crippen molar-refractivity contribution < 1.29 is 23.8 Å². The average Bonchev–Trinajstić information content (AvgIpc) is 2.80. The molecule has 3 aromatic carbocycles. The molecule has 3 aromatic rings. The van der Waals surface area contributed by atoms with Gasteiger partial charge in [-0.1, -0.05) is 17.7 Å². The van der Waals surface area contributed by atoms with E-state index in [-0.39, 0.29) is 12.5 Å². The minimum absolute atomic E-state index is 0.270. The van der Waals surface area contributed by atoms with Gasteiger partial charge in [0.2, 0.25) is 0 Å². The Bertz CT molecular complexity index is 1060. The second-order valence-electron chi connectivity index (χ2n) is 7.11. The molecular weight excluding hydrogens is 406 g/mol. The normalized spacial score (nSPS) is 10.3. The predicted octanol–water partition coefficient (Wildman–Crippen LogP) is 5.40. The van der Waals surface area contributed by atoms with Gasteiger partial charge in [0.1, 0.15) is 18.1 Å². The van der Waals surface area contributed by atoms with Crippen LogP contribution in [0.4, 0.5) is 5.69 Å². The van der Waals surface area contributed by atoms with Gasteiger partial charge in [-0.3, -0.25) is 4.79 Å². The van der Waals surface area contributed by atoms with Gasteiger partial charge in [-0.2, -0.15) is 0 Å². The number of carbonyl (C=O) groups excluding carboxylic acids is 2. The summed E-state index contributed by atoms with van der Waals surface area (Å²) in [5.41, 5.74) is 3.42. The van der Waals surface area contributed by atoms with Gasteiger partial charge in [-0.05, 0) is 75.4 Å². The highest BCUT2D eigenvalue weighted by atomic mass is 16.5. The minimum Gasteiger partial charge on any atom is -0.493 e. The van der Waals surface area contributed by atoms with Gasteiger partial charge in [-0.15, -0.1) is 0 Å². The van der Waals surface area contributed by atoms with Gasteiger partial charge < -0.3 is 19.5 Å². The van der Waals surface area contributed by atoms with E-state index in [1.807, 2.05) is 38.1 Å². The number of ether oxygens (including phenoxy) is 3. The van der Waals surface area contributed by atoms with Crippen molar-refractivity contribution in [3.63, 3.8) is 0 Å². The summed E-state index contributed by atoms with van der Waals surface area (Å²) in [5, 5.41) is 2.84. The van der Waals surface area contributed by atoms with E-state index in [0.717, 1.165) is 16.9 Å². The van der Waals surface area contributed by atoms with Crippen molar-refractivity contribution in [2.45, 2.75) is 27.4 Å². The molecule has 0 unspecified atom stereocenters. The molecule has 0 fully saturated rings. The molecule has 6 nitrogen and oxygen atoms in total. The van der Waals surface area contributed by atoms with Crippen LogP contribution in [-0.2, 0) is 11.3 Å². The molecular formula is C26H27NO5. The third-order valence-corrected chi connectivity index (χ3v) is 4.69. The van der Waals surface area contributed by atoms with Crippen LogP contribution < -0.4 is 14.8 Å². The summed E-state index contributed by atoms with van der Waals surface area (Å²) in [6.45, 7) is 6.77. The number of hydrogen-bond donors (Lipinski definition) is 1. The van der Waals surface area contributed by atoms with Crippen LogP contribution in [0.3, 0.4) is 0 Å². The second-order valence-corrected chi connectivity index (χ2v) is 7.11.